The fourth-order valence-corrected chi connectivity index (χ4v) is 4.14. The molecule has 4 rings (SSSR count). The molecule has 0 spiro atoms. The first-order valence-electron chi connectivity index (χ1n) is 8.86. The molecular formula is C22H20N2O2S. The van der Waals surface area contributed by atoms with E-state index < -0.39 is 0 Å². The van der Waals surface area contributed by atoms with Crippen molar-refractivity contribution in [3.05, 3.63) is 82.4 Å². The number of fused-ring (bicyclic) bond motifs is 1. The topological polar surface area (TPSA) is 44.1 Å². The second-order valence-corrected chi connectivity index (χ2v) is 7.64. The van der Waals surface area contributed by atoms with Gasteiger partial charge in [0, 0.05) is 4.88 Å². The number of ether oxygens (including phenoxy) is 1. The summed E-state index contributed by atoms with van der Waals surface area (Å²) in [5.74, 6) is 0.830. The van der Waals surface area contributed by atoms with Crippen LogP contribution in [0.3, 0.4) is 0 Å². The average Bonchev–Trinajstić information content (AvgIpc) is 3.09. The van der Waals surface area contributed by atoms with Crippen LogP contribution in [0.15, 0.2) is 65.7 Å². The van der Waals surface area contributed by atoms with Gasteiger partial charge in [0.15, 0.2) is 0 Å². The van der Waals surface area contributed by atoms with Crippen molar-refractivity contribution < 1.29 is 4.74 Å². The zero-order chi connectivity index (χ0) is 18.8. The summed E-state index contributed by atoms with van der Waals surface area (Å²) in [4.78, 5) is 19.1. The molecule has 0 aliphatic carbocycles. The van der Waals surface area contributed by atoms with E-state index in [1.807, 2.05) is 62.4 Å². The Morgan fingerprint density at radius 3 is 2.52 bits per heavy atom. The highest BCUT2D eigenvalue weighted by molar-refractivity contribution is 7.21. The van der Waals surface area contributed by atoms with Crippen molar-refractivity contribution in [1.82, 2.24) is 9.55 Å². The summed E-state index contributed by atoms with van der Waals surface area (Å²) in [6.07, 6.45) is 1.61. The average molecular weight is 376 g/mol. The van der Waals surface area contributed by atoms with Crippen LogP contribution in [0.5, 0.6) is 5.75 Å². The first kappa shape index (κ1) is 17.5. The minimum absolute atomic E-state index is 0.0255. The minimum Gasteiger partial charge on any atom is -0.492 e. The number of hydrogen-bond acceptors (Lipinski definition) is 4. The van der Waals surface area contributed by atoms with E-state index in [4.69, 9.17) is 4.74 Å². The lowest BCUT2D eigenvalue weighted by atomic mass is 10.1. The second-order valence-electron chi connectivity index (χ2n) is 6.61. The zero-order valence-electron chi connectivity index (χ0n) is 15.3. The van der Waals surface area contributed by atoms with Crippen molar-refractivity contribution in [1.29, 1.82) is 0 Å². The van der Waals surface area contributed by atoms with Gasteiger partial charge in [-0.05, 0) is 48.7 Å². The molecule has 2 aromatic carbocycles. The third-order valence-electron chi connectivity index (χ3n) is 4.37. The van der Waals surface area contributed by atoms with Gasteiger partial charge in [0.2, 0.25) is 0 Å². The van der Waals surface area contributed by atoms with E-state index in [0.717, 1.165) is 32.1 Å². The summed E-state index contributed by atoms with van der Waals surface area (Å²) in [6.45, 7) is 4.98. The molecule has 0 unspecified atom stereocenters. The van der Waals surface area contributed by atoms with Crippen LogP contribution >= 0.6 is 11.3 Å². The maximum atomic E-state index is 12.8. The van der Waals surface area contributed by atoms with Crippen LogP contribution in [-0.2, 0) is 6.54 Å². The van der Waals surface area contributed by atoms with E-state index in [1.54, 1.807) is 22.2 Å². The van der Waals surface area contributed by atoms with Crippen LogP contribution in [-0.4, -0.2) is 16.2 Å². The lowest BCUT2D eigenvalue weighted by Crippen LogP contribution is -2.23. The number of rotatable bonds is 5. The third kappa shape index (κ3) is 3.78. The van der Waals surface area contributed by atoms with Gasteiger partial charge in [0.1, 0.15) is 17.2 Å². The van der Waals surface area contributed by atoms with Gasteiger partial charge in [-0.25, -0.2) is 4.98 Å². The summed E-state index contributed by atoms with van der Waals surface area (Å²) in [7, 11) is 0. The maximum absolute atomic E-state index is 12.8. The number of thiophene rings is 1. The highest BCUT2D eigenvalue weighted by Gasteiger charge is 2.10. The van der Waals surface area contributed by atoms with Crippen LogP contribution in [0.25, 0.3) is 20.7 Å². The molecule has 0 saturated carbocycles. The Labute approximate surface area is 161 Å². The highest BCUT2D eigenvalue weighted by Crippen LogP contribution is 2.30. The van der Waals surface area contributed by atoms with Crippen molar-refractivity contribution in [3.8, 4) is 16.2 Å². The molecule has 0 aliphatic rings. The van der Waals surface area contributed by atoms with Crippen LogP contribution < -0.4 is 10.3 Å². The number of aryl methyl sites for hydroxylation is 2. The molecule has 0 N–H and O–H groups in total. The van der Waals surface area contributed by atoms with Gasteiger partial charge < -0.3 is 4.74 Å². The fraction of sp³-hybridized carbons (Fsp3) is 0.182. The molecule has 0 atom stereocenters. The molecule has 0 saturated heterocycles. The van der Waals surface area contributed by atoms with Crippen molar-refractivity contribution in [3.63, 3.8) is 0 Å². The van der Waals surface area contributed by atoms with Crippen LogP contribution in [0.2, 0.25) is 0 Å². The SMILES string of the molecule is Cc1cc(C)cc(OCCn2cnc3sc(-c4ccccc4)cc3c2=O)c1. The third-order valence-corrected chi connectivity index (χ3v) is 5.46. The number of hydrogen-bond donors (Lipinski definition) is 0. The van der Waals surface area contributed by atoms with Gasteiger partial charge in [-0.15, -0.1) is 11.3 Å². The fourth-order valence-electron chi connectivity index (χ4n) is 3.14. The minimum atomic E-state index is -0.0255. The van der Waals surface area contributed by atoms with E-state index >= 15 is 0 Å². The second kappa shape index (κ2) is 7.37. The predicted molar refractivity (Wildman–Crippen MR) is 111 cm³/mol. The monoisotopic (exact) mass is 376 g/mol. The number of aromatic nitrogens is 2. The summed E-state index contributed by atoms with van der Waals surface area (Å²) in [5, 5.41) is 0.660. The Kier molecular flexibility index (Phi) is 4.77. The molecule has 0 radical (unpaired) electrons. The molecule has 5 heteroatoms. The Morgan fingerprint density at radius 2 is 1.78 bits per heavy atom. The summed E-state index contributed by atoms with van der Waals surface area (Å²) >= 11 is 1.54. The van der Waals surface area contributed by atoms with Crippen molar-refractivity contribution >= 4 is 21.6 Å². The highest BCUT2D eigenvalue weighted by atomic mass is 32.1. The van der Waals surface area contributed by atoms with Crippen molar-refractivity contribution in [2.45, 2.75) is 20.4 Å². The molecule has 136 valence electrons. The Balaban J connectivity index is 1.54. The standard InChI is InChI=1S/C22H20N2O2S/c1-15-10-16(2)12-18(11-15)26-9-8-24-14-23-21-19(22(24)25)13-20(27-21)17-6-4-3-5-7-17/h3-7,10-14H,8-9H2,1-2H3. The van der Waals surface area contributed by atoms with Gasteiger partial charge in [0.05, 0.1) is 18.3 Å². The summed E-state index contributed by atoms with van der Waals surface area (Å²) in [6, 6.07) is 18.1. The number of benzene rings is 2. The van der Waals surface area contributed by atoms with Crippen LogP contribution in [0, 0.1) is 13.8 Å². The quantitative estimate of drug-likeness (QED) is 0.501. The Bertz CT molecular complexity index is 1130. The van der Waals surface area contributed by atoms with Gasteiger partial charge in [0.25, 0.3) is 5.56 Å². The van der Waals surface area contributed by atoms with Gasteiger partial charge in [-0.1, -0.05) is 36.4 Å². The first-order chi connectivity index (χ1) is 13.1. The van der Waals surface area contributed by atoms with Gasteiger partial charge in [-0.2, -0.15) is 0 Å². The van der Waals surface area contributed by atoms with Crippen LogP contribution in [0.1, 0.15) is 11.1 Å². The molecule has 0 fully saturated rings. The lowest BCUT2D eigenvalue weighted by Gasteiger charge is -2.09. The van der Waals surface area contributed by atoms with E-state index in [0.29, 0.717) is 18.5 Å². The molecule has 2 aromatic heterocycles. The normalized spacial score (nSPS) is 11.0. The predicted octanol–water partition coefficient (Wildman–Crippen LogP) is 4.82. The molecule has 0 aliphatic heterocycles. The van der Waals surface area contributed by atoms with Crippen LogP contribution in [0.4, 0.5) is 0 Å². The molecule has 0 amide bonds. The summed E-state index contributed by atoms with van der Waals surface area (Å²) < 4.78 is 7.45. The van der Waals surface area contributed by atoms with Gasteiger partial charge >= 0.3 is 0 Å². The maximum Gasteiger partial charge on any atom is 0.262 e. The molecular weight excluding hydrogens is 356 g/mol. The molecule has 0 bridgehead atoms. The lowest BCUT2D eigenvalue weighted by molar-refractivity contribution is 0.295. The summed E-state index contributed by atoms with van der Waals surface area (Å²) in [5.41, 5.74) is 3.40. The molecule has 27 heavy (non-hydrogen) atoms. The van der Waals surface area contributed by atoms with E-state index in [9.17, 15) is 4.79 Å². The van der Waals surface area contributed by atoms with E-state index in [-0.39, 0.29) is 5.56 Å². The van der Waals surface area contributed by atoms with Crippen molar-refractivity contribution in [2.75, 3.05) is 6.61 Å². The molecule has 4 aromatic rings. The van der Waals surface area contributed by atoms with Gasteiger partial charge in [-0.3, -0.25) is 9.36 Å². The zero-order valence-corrected chi connectivity index (χ0v) is 16.1. The Hall–Kier alpha value is -2.92. The van der Waals surface area contributed by atoms with Crippen molar-refractivity contribution in [2.24, 2.45) is 0 Å². The first-order valence-corrected chi connectivity index (χ1v) is 9.67. The molecule has 4 nitrogen and oxygen atoms in total. The smallest absolute Gasteiger partial charge is 0.262 e. The largest absolute Gasteiger partial charge is 0.492 e. The Morgan fingerprint density at radius 1 is 1.04 bits per heavy atom. The van der Waals surface area contributed by atoms with E-state index in [1.165, 1.54) is 0 Å². The van der Waals surface area contributed by atoms with E-state index in [2.05, 4.69) is 11.1 Å². The number of nitrogens with zero attached hydrogens (tertiary/aromatic N) is 2. The molecule has 2 heterocycles.